The predicted molar refractivity (Wildman–Crippen MR) is 96.7 cm³/mol. The zero-order valence-corrected chi connectivity index (χ0v) is 13.1. The number of rotatable bonds is 5. The molecule has 1 aliphatic rings. The number of nitriles is 1. The molecule has 1 aromatic carbocycles. The SMILES string of the molecule is N#CN/C(S)=N/CCCN1CCC(c2ccccc2)CC1.[NaH]. The molecule has 0 radical (unpaired) electrons. The first-order valence-electron chi connectivity index (χ1n) is 7.45. The van der Waals surface area contributed by atoms with Crippen molar-refractivity contribution in [3.05, 3.63) is 35.9 Å². The number of nitrogens with zero attached hydrogens (tertiary/aromatic N) is 3. The fourth-order valence-corrected chi connectivity index (χ4v) is 2.93. The molecule has 114 valence electrons. The topological polar surface area (TPSA) is 51.4 Å². The van der Waals surface area contributed by atoms with E-state index in [0.717, 1.165) is 26.1 Å². The van der Waals surface area contributed by atoms with Crippen LogP contribution in [-0.4, -0.2) is 65.8 Å². The maximum atomic E-state index is 8.42. The van der Waals surface area contributed by atoms with Crippen LogP contribution in [0.2, 0.25) is 0 Å². The van der Waals surface area contributed by atoms with Crippen LogP contribution in [0.3, 0.4) is 0 Å². The summed E-state index contributed by atoms with van der Waals surface area (Å²) < 4.78 is 0. The average molecular weight is 326 g/mol. The van der Waals surface area contributed by atoms with Crippen LogP contribution in [0.4, 0.5) is 0 Å². The maximum absolute atomic E-state index is 8.42. The summed E-state index contributed by atoms with van der Waals surface area (Å²) in [5, 5.41) is 11.2. The third kappa shape index (κ3) is 6.72. The van der Waals surface area contributed by atoms with Crippen LogP contribution in [0.1, 0.15) is 30.7 Å². The minimum atomic E-state index is 0. The summed E-state index contributed by atoms with van der Waals surface area (Å²) in [4.78, 5) is 6.69. The number of benzene rings is 1. The Bertz CT molecular complexity index is 493. The summed E-state index contributed by atoms with van der Waals surface area (Å²) in [6, 6.07) is 10.8. The quantitative estimate of drug-likeness (QED) is 0.165. The van der Waals surface area contributed by atoms with Gasteiger partial charge in [-0.05, 0) is 50.4 Å². The number of piperidine rings is 1. The van der Waals surface area contributed by atoms with E-state index in [0.29, 0.717) is 17.6 Å². The molecule has 0 spiro atoms. The minimum absolute atomic E-state index is 0. The molecule has 1 aromatic rings. The van der Waals surface area contributed by atoms with Gasteiger partial charge in [-0.15, -0.1) is 12.6 Å². The molecule has 0 aromatic heterocycles. The fraction of sp³-hybridized carbons (Fsp3) is 0.500. The normalized spacial score (nSPS) is 16.6. The first kappa shape index (κ1) is 19.5. The Hall–Kier alpha value is -0.510. The number of aliphatic imine (C=N–C) groups is 1. The van der Waals surface area contributed by atoms with Crippen molar-refractivity contribution >= 4 is 47.4 Å². The van der Waals surface area contributed by atoms with Crippen molar-refractivity contribution < 1.29 is 0 Å². The Balaban J connectivity index is 0.00000242. The number of likely N-dealkylation sites (tertiary alicyclic amines) is 1. The molecule has 1 heterocycles. The Morgan fingerprint density at radius 3 is 2.64 bits per heavy atom. The number of hydrogen-bond acceptors (Lipinski definition) is 3. The van der Waals surface area contributed by atoms with Gasteiger partial charge in [-0.2, -0.15) is 5.26 Å². The van der Waals surface area contributed by atoms with Crippen molar-refractivity contribution in [2.75, 3.05) is 26.2 Å². The van der Waals surface area contributed by atoms with E-state index < -0.39 is 0 Å². The summed E-state index contributed by atoms with van der Waals surface area (Å²) >= 11 is 4.07. The van der Waals surface area contributed by atoms with E-state index in [4.69, 9.17) is 5.26 Å². The Labute approximate surface area is 160 Å². The molecule has 0 aliphatic carbocycles. The zero-order chi connectivity index (χ0) is 14.9. The third-order valence-electron chi connectivity index (χ3n) is 3.92. The van der Waals surface area contributed by atoms with Crippen molar-refractivity contribution in [2.24, 2.45) is 4.99 Å². The van der Waals surface area contributed by atoms with Gasteiger partial charge in [0, 0.05) is 6.54 Å². The molecule has 0 unspecified atom stereocenters. The van der Waals surface area contributed by atoms with Crippen LogP contribution in [-0.2, 0) is 0 Å². The molecule has 4 nitrogen and oxygen atoms in total. The summed E-state index contributed by atoms with van der Waals surface area (Å²) in [6.45, 7) is 4.10. The molecule has 0 atom stereocenters. The van der Waals surface area contributed by atoms with E-state index in [1.807, 2.05) is 6.19 Å². The Morgan fingerprint density at radius 2 is 2.00 bits per heavy atom. The van der Waals surface area contributed by atoms with Gasteiger partial charge in [0.2, 0.25) is 0 Å². The first-order valence-corrected chi connectivity index (χ1v) is 7.90. The van der Waals surface area contributed by atoms with Crippen LogP contribution in [0.5, 0.6) is 0 Å². The molecule has 6 heteroatoms. The van der Waals surface area contributed by atoms with Gasteiger partial charge in [0.15, 0.2) is 11.4 Å². The second-order valence-electron chi connectivity index (χ2n) is 5.32. The number of nitrogens with one attached hydrogen (secondary N) is 1. The fourth-order valence-electron chi connectivity index (χ4n) is 2.78. The summed E-state index contributed by atoms with van der Waals surface area (Å²) in [6.07, 6.45) is 5.29. The van der Waals surface area contributed by atoms with Crippen LogP contribution in [0.25, 0.3) is 0 Å². The molecule has 1 N–H and O–H groups in total. The molecule has 0 saturated carbocycles. The van der Waals surface area contributed by atoms with Crippen molar-refractivity contribution in [1.82, 2.24) is 10.2 Å². The van der Waals surface area contributed by atoms with Crippen molar-refractivity contribution in [2.45, 2.75) is 25.2 Å². The van der Waals surface area contributed by atoms with Gasteiger partial charge >= 0.3 is 29.6 Å². The number of hydrogen-bond donors (Lipinski definition) is 2. The second kappa shape index (κ2) is 11.1. The van der Waals surface area contributed by atoms with Gasteiger partial charge in [-0.25, -0.2) is 0 Å². The van der Waals surface area contributed by atoms with Gasteiger partial charge in [-0.1, -0.05) is 30.3 Å². The first-order chi connectivity index (χ1) is 10.3. The van der Waals surface area contributed by atoms with E-state index >= 15 is 0 Å². The summed E-state index contributed by atoms with van der Waals surface area (Å²) in [5.41, 5.74) is 1.48. The van der Waals surface area contributed by atoms with Gasteiger partial charge in [0.05, 0.1) is 0 Å². The Morgan fingerprint density at radius 1 is 1.32 bits per heavy atom. The molecule has 2 rings (SSSR count). The number of amidine groups is 1. The molecule has 1 aliphatic heterocycles. The monoisotopic (exact) mass is 326 g/mol. The summed E-state index contributed by atoms with van der Waals surface area (Å²) in [5.74, 6) is 0.712. The third-order valence-corrected chi connectivity index (χ3v) is 4.17. The second-order valence-corrected chi connectivity index (χ2v) is 5.75. The predicted octanol–water partition coefficient (Wildman–Crippen LogP) is 1.96. The molecular weight excluding hydrogens is 303 g/mol. The molecule has 0 bridgehead atoms. The van der Waals surface area contributed by atoms with Crippen LogP contribution < -0.4 is 5.32 Å². The van der Waals surface area contributed by atoms with Crippen LogP contribution >= 0.6 is 12.6 Å². The molecule has 0 amide bonds. The van der Waals surface area contributed by atoms with E-state index in [2.05, 4.69) is 58.2 Å². The summed E-state index contributed by atoms with van der Waals surface area (Å²) in [7, 11) is 0. The van der Waals surface area contributed by atoms with E-state index in [1.54, 1.807) is 0 Å². The van der Waals surface area contributed by atoms with Gasteiger partial charge in [-0.3, -0.25) is 10.3 Å². The number of thiol groups is 1. The molecule has 1 fully saturated rings. The molecule has 22 heavy (non-hydrogen) atoms. The van der Waals surface area contributed by atoms with Gasteiger partial charge in [0.25, 0.3) is 0 Å². The molecular formula is C16H23N4NaS. The van der Waals surface area contributed by atoms with E-state index in [1.165, 1.54) is 18.4 Å². The van der Waals surface area contributed by atoms with Crippen LogP contribution in [0.15, 0.2) is 35.3 Å². The average Bonchev–Trinajstić information content (AvgIpc) is 2.53. The van der Waals surface area contributed by atoms with Crippen molar-refractivity contribution in [1.29, 1.82) is 5.26 Å². The standard InChI is InChI=1S/C16H22N4S.Na.H/c17-13-19-16(21)18-9-4-10-20-11-7-15(8-12-20)14-5-2-1-3-6-14;;/h1-3,5-6,15H,4,7-12H2,(H2,18,19,21);;. The van der Waals surface area contributed by atoms with Crippen molar-refractivity contribution in [3.63, 3.8) is 0 Å². The van der Waals surface area contributed by atoms with Gasteiger partial charge < -0.3 is 4.90 Å². The zero-order valence-electron chi connectivity index (χ0n) is 12.2. The van der Waals surface area contributed by atoms with Crippen molar-refractivity contribution in [3.8, 4) is 6.19 Å². The van der Waals surface area contributed by atoms with Crippen LogP contribution in [0, 0.1) is 11.5 Å². The Kier molecular flexibility index (Phi) is 9.85. The van der Waals surface area contributed by atoms with E-state index in [9.17, 15) is 0 Å². The van der Waals surface area contributed by atoms with Gasteiger partial charge in [0.1, 0.15) is 0 Å². The molecule has 1 saturated heterocycles. The van der Waals surface area contributed by atoms with E-state index in [-0.39, 0.29) is 29.6 Å².